The molecule has 0 atom stereocenters. The van der Waals surface area contributed by atoms with Crippen LogP contribution in [0.4, 0.5) is 11.4 Å². The number of nitrogens with one attached hydrogen (secondary N) is 2. The van der Waals surface area contributed by atoms with Crippen molar-refractivity contribution in [3.05, 3.63) is 57.7 Å². The summed E-state index contributed by atoms with van der Waals surface area (Å²) in [5, 5.41) is 4.31. The number of hydrogen-bond acceptors (Lipinski definition) is 5. The molecule has 2 N–H and O–H groups in total. The predicted molar refractivity (Wildman–Crippen MR) is 132 cm³/mol. The Balaban J connectivity index is 1.74. The molecule has 6 nitrogen and oxygen atoms in total. The normalized spacial score (nSPS) is 11.0. The van der Waals surface area contributed by atoms with Crippen LogP contribution in [0.15, 0.2) is 46.9 Å². The molecule has 0 bridgehead atoms. The number of fused-ring (bicyclic) bond motifs is 1. The largest absolute Gasteiger partial charge is 0.372 e. The molecule has 31 heavy (non-hydrogen) atoms. The van der Waals surface area contributed by atoms with Crippen molar-refractivity contribution in [1.29, 1.82) is 0 Å². The molecule has 0 fully saturated rings. The first-order chi connectivity index (χ1) is 14.9. The molecule has 3 rings (SSSR count). The number of anilines is 2. The number of H-pyrrole nitrogens is 1. The van der Waals surface area contributed by atoms with Gasteiger partial charge in [0.2, 0.25) is 5.91 Å². The van der Waals surface area contributed by atoms with Crippen molar-refractivity contribution in [2.45, 2.75) is 39.4 Å². The van der Waals surface area contributed by atoms with Gasteiger partial charge < -0.3 is 10.2 Å². The summed E-state index contributed by atoms with van der Waals surface area (Å²) in [5.41, 5.74) is 2.84. The van der Waals surface area contributed by atoms with Crippen molar-refractivity contribution in [2.75, 3.05) is 29.1 Å². The fraction of sp³-hybridized carbons (Fsp3) is 0.348. The zero-order chi connectivity index (χ0) is 22.5. The van der Waals surface area contributed by atoms with Gasteiger partial charge in [-0.1, -0.05) is 24.0 Å². The molecule has 8 heteroatoms. The van der Waals surface area contributed by atoms with Gasteiger partial charge in [0, 0.05) is 29.3 Å². The summed E-state index contributed by atoms with van der Waals surface area (Å²) < 4.78 is 1.64. The molecule has 0 aliphatic rings. The molecule has 2 aromatic heterocycles. The average Bonchev–Trinajstić information content (AvgIpc) is 3.04. The van der Waals surface area contributed by atoms with Crippen LogP contribution < -0.4 is 20.8 Å². The summed E-state index contributed by atoms with van der Waals surface area (Å²) in [6.07, 6.45) is 1.69. The second kappa shape index (κ2) is 10.2. The number of aryl methyl sites for hydroxylation is 2. The molecule has 0 spiro atoms. The summed E-state index contributed by atoms with van der Waals surface area (Å²) in [6.45, 7) is 14.2. The van der Waals surface area contributed by atoms with Gasteiger partial charge in [-0.3, -0.25) is 4.79 Å². The molecule has 0 aliphatic heterocycles. The lowest BCUT2D eigenvalue weighted by Crippen LogP contribution is -2.30. The van der Waals surface area contributed by atoms with Crippen LogP contribution in [-0.2, 0) is 11.3 Å². The standard InChI is InChI=1S/C23H28N4O2S2/c1-6-13-27-22(29)20-15(4)16(5)31-21(20)25-23(27)30-14-19(28)24-17-9-11-18(12-10-17)26(7-2)8-3/h6,9-12H,1,7-8,13-14H2,2-5H3,(H,24,28)/p+1. The van der Waals surface area contributed by atoms with Gasteiger partial charge in [-0.25, -0.2) is 9.78 Å². The van der Waals surface area contributed by atoms with E-state index in [1.165, 1.54) is 11.8 Å². The summed E-state index contributed by atoms with van der Waals surface area (Å²) in [7, 11) is 0. The van der Waals surface area contributed by atoms with Crippen molar-refractivity contribution in [1.82, 2.24) is 4.57 Å². The minimum atomic E-state index is -0.120. The molecular weight excluding hydrogens is 428 g/mol. The molecule has 164 valence electrons. The first kappa shape index (κ1) is 23.1. The second-order valence-electron chi connectivity index (χ2n) is 7.18. The number of amides is 1. The van der Waals surface area contributed by atoms with Gasteiger partial charge in [0.25, 0.3) is 0 Å². The fourth-order valence-electron chi connectivity index (χ4n) is 3.45. The number of carbonyl (C=O) groups excluding carboxylic acids is 1. The minimum Gasteiger partial charge on any atom is -0.372 e. The van der Waals surface area contributed by atoms with Gasteiger partial charge in [0.05, 0.1) is 5.75 Å². The Labute approximate surface area is 191 Å². The Kier molecular flexibility index (Phi) is 7.56. The molecular formula is C23H29N4O2S2+. The van der Waals surface area contributed by atoms with E-state index in [1.54, 1.807) is 22.0 Å². The number of nitrogens with zero attached hydrogens (tertiary/aromatic N) is 2. The van der Waals surface area contributed by atoms with E-state index >= 15 is 0 Å². The molecule has 0 unspecified atom stereocenters. The first-order valence-corrected chi connectivity index (χ1v) is 12.1. The number of hydrogen-bond donors (Lipinski definition) is 1. The van der Waals surface area contributed by atoms with Gasteiger partial charge in [0.1, 0.15) is 11.9 Å². The zero-order valence-corrected chi connectivity index (χ0v) is 20.1. The minimum absolute atomic E-state index is 0.0506. The van der Waals surface area contributed by atoms with Gasteiger partial charge in [-0.05, 0) is 69.3 Å². The second-order valence-corrected chi connectivity index (χ2v) is 9.37. The Bertz CT molecular complexity index is 1150. The third-order valence-electron chi connectivity index (χ3n) is 5.24. The third kappa shape index (κ3) is 5.02. The molecule has 0 radical (unpaired) electrons. The summed E-state index contributed by atoms with van der Waals surface area (Å²) in [6, 6.07) is 7.86. The van der Waals surface area contributed by atoms with Gasteiger partial charge in [0.15, 0.2) is 4.83 Å². The lowest BCUT2D eigenvalue weighted by Gasteiger charge is -2.21. The predicted octanol–water partition coefficient (Wildman–Crippen LogP) is 4.26. The monoisotopic (exact) mass is 457 g/mol. The van der Waals surface area contributed by atoms with Crippen molar-refractivity contribution >= 4 is 50.6 Å². The van der Waals surface area contributed by atoms with E-state index in [2.05, 4.69) is 35.6 Å². The van der Waals surface area contributed by atoms with Crippen molar-refractivity contribution < 1.29 is 9.78 Å². The lowest BCUT2D eigenvalue weighted by molar-refractivity contribution is -0.404. The first-order valence-electron chi connectivity index (χ1n) is 10.3. The number of aromatic amines is 1. The Morgan fingerprint density at radius 3 is 2.55 bits per heavy atom. The SMILES string of the molecule is C=CCn1c(SCC(=O)Nc2ccc(N(CC)CC)cc2)[nH+]c2sc(C)c(C)c2c1=O. The quantitative estimate of drug-likeness (QED) is 0.296. The van der Waals surface area contributed by atoms with Crippen LogP contribution >= 0.6 is 23.1 Å². The summed E-state index contributed by atoms with van der Waals surface area (Å²) in [5.74, 6) is 0.0740. The van der Waals surface area contributed by atoms with E-state index in [0.29, 0.717) is 17.1 Å². The maximum atomic E-state index is 13.0. The van der Waals surface area contributed by atoms with Gasteiger partial charge in [-0.15, -0.1) is 0 Å². The number of benzene rings is 1. The van der Waals surface area contributed by atoms with E-state index in [1.807, 2.05) is 38.1 Å². The fourth-order valence-corrected chi connectivity index (χ4v) is 5.39. The van der Waals surface area contributed by atoms with E-state index in [4.69, 9.17) is 0 Å². The number of thioether (sulfide) groups is 1. The number of aromatic nitrogens is 2. The number of allylic oxidation sites excluding steroid dienone is 1. The number of thiophene rings is 1. The summed E-state index contributed by atoms with van der Waals surface area (Å²) in [4.78, 5) is 33.1. The number of rotatable bonds is 9. The maximum absolute atomic E-state index is 13.0. The lowest BCUT2D eigenvalue weighted by atomic mass is 10.2. The highest BCUT2D eigenvalue weighted by Gasteiger charge is 2.22. The van der Waals surface area contributed by atoms with Crippen LogP contribution in [-0.4, -0.2) is 29.3 Å². The molecule has 1 aromatic carbocycles. The van der Waals surface area contributed by atoms with Crippen LogP contribution in [0, 0.1) is 13.8 Å². The van der Waals surface area contributed by atoms with Gasteiger partial charge >= 0.3 is 10.7 Å². The van der Waals surface area contributed by atoms with Crippen LogP contribution in [0.5, 0.6) is 0 Å². The van der Waals surface area contributed by atoms with Crippen LogP contribution in [0.2, 0.25) is 0 Å². The van der Waals surface area contributed by atoms with Crippen molar-refractivity contribution in [2.24, 2.45) is 0 Å². The molecule has 1 amide bonds. The highest BCUT2D eigenvalue weighted by molar-refractivity contribution is 7.99. The van der Waals surface area contributed by atoms with E-state index < -0.39 is 0 Å². The molecule has 3 aromatic rings. The Hall–Kier alpha value is -2.58. The average molecular weight is 458 g/mol. The highest BCUT2D eigenvalue weighted by atomic mass is 32.2. The van der Waals surface area contributed by atoms with Crippen LogP contribution in [0.25, 0.3) is 10.2 Å². The molecule has 0 saturated heterocycles. The van der Waals surface area contributed by atoms with Crippen LogP contribution in [0.3, 0.4) is 0 Å². The van der Waals surface area contributed by atoms with Crippen molar-refractivity contribution in [3.8, 4) is 0 Å². The zero-order valence-electron chi connectivity index (χ0n) is 18.4. The summed E-state index contributed by atoms with van der Waals surface area (Å²) >= 11 is 2.89. The maximum Gasteiger partial charge on any atom is 0.347 e. The van der Waals surface area contributed by atoms with Crippen LogP contribution in [0.1, 0.15) is 24.3 Å². The van der Waals surface area contributed by atoms with E-state index in [-0.39, 0.29) is 17.2 Å². The van der Waals surface area contributed by atoms with E-state index in [9.17, 15) is 9.59 Å². The molecule has 2 heterocycles. The number of carbonyl (C=O) groups is 1. The van der Waals surface area contributed by atoms with Gasteiger partial charge in [-0.2, -0.15) is 4.57 Å². The van der Waals surface area contributed by atoms with Crippen molar-refractivity contribution in [3.63, 3.8) is 0 Å². The molecule has 0 saturated carbocycles. The third-order valence-corrected chi connectivity index (χ3v) is 7.37. The molecule has 0 aliphatic carbocycles. The topological polar surface area (TPSA) is 68.5 Å². The smallest absolute Gasteiger partial charge is 0.347 e. The van der Waals surface area contributed by atoms with E-state index in [0.717, 1.165) is 39.7 Å². The highest BCUT2D eigenvalue weighted by Crippen LogP contribution is 2.26. The Morgan fingerprint density at radius 2 is 1.94 bits per heavy atom. The Morgan fingerprint density at radius 1 is 1.26 bits per heavy atom.